The van der Waals surface area contributed by atoms with Crippen LogP contribution in [0.25, 0.3) is 0 Å². The van der Waals surface area contributed by atoms with Gasteiger partial charge in [0.2, 0.25) is 5.91 Å². The maximum absolute atomic E-state index is 12.2. The third-order valence-electron chi connectivity index (χ3n) is 3.97. The van der Waals surface area contributed by atoms with E-state index in [1.54, 1.807) is 11.8 Å². The van der Waals surface area contributed by atoms with Crippen molar-refractivity contribution >= 4 is 11.9 Å². The van der Waals surface area contributed by atoms with Gasteiger partial charge >= 0.3 is 5.97 Å². The Bertz CT molecular complexity index is 309. The summed E-state index contributed by atoms with van der Waals surface area (Å²) in [5.41, 5.74) is -0.975. The first-order valence-electron chi connectivity index (χ1n) is 6.60. The molecule has 1 aliphatic heterocycles. The number of carbonyl (C=O) groups is 2. The smallest absolute Gasteiger partial charge is 0.310 e. The lowest BCUT2D eigenvalue weighted by atomic mass is 9.76. The van der Waals surface area contributed by atoms with E-state index in [1.807, 2.05) is 13.8 Å². The summed E-state index contributed by atoms with van der Waals surface area (Å²) in [6.07, 6.45) is 1.01. The lowest BCUT2D eigenvalue weighted by Crippen LogP contribution is -2.42. The van der Waals surface area contributed by atoms with Gasteiger partial charge in [-0.1, -0.05) is 13.8 Å². The van der Waals surface area contributed by atoms with Crippen LogP contribution in [0.2, 0.25) is 0 Å². The molecule has 2 N–H and O–H groups in total. The molecular weight excluding hydrogens is 232 g/mol. The first-order valence-corrected chi connectivity index (χ1v) is 6.60. The Morgan fingerprint density at radius 3 is 2.56 bits per heavy atom. The topological polar surface area (TPSA) is 69.6 Å². The third kappa shape index (κ3) is 3.45. The second kappa shape index (κ2) is 6.18. The number of nitrogens with zero attached hydrogens (tertiary/aromatic N) is 1. The molecule has 0 aromatic rings. The molecular formula is C13H24N2O3. The fourth-order valence-electron chi connectivity index (χ4n) is 2.05. The molecule has 1 heterocycles. The van der Waals surface area contributed by atoms with Crippen LogP contribution in [-0.4, -0.2) is 48.1 Å². The van der Waals surface area contributed by atoms with E-state index >= 15 is 0 Å². The van der Waals surface area contributed by atoms with Crippen LogP contribution < -0.4 is 5.32 Å². The van der Waals surface area contributed by atoms with Gasteiger partial charge in [-0.15, -0.1) is 0 Å². The van der Waals surface area contributed by atoms with Crippen LogP contribution in [0.5, 0.6) is 0 Å². The summed E-state index contributed by atoms with van der Waals surface area (Å²) in [5.74, 6) is -1.000. The summed E-state index contributed by atoms with van der Waals surface area (Å²) in [6, 6.07) is 0. The molecule has 1 aliphatic rings. The van der Waals surface area contributed by atoms with Gasteiger partial charge in [-0.25, -0.2) is 0 Å². The zero-order valence-electron chi connectivity index (χ0n) is 11.5. The van der Waals surface area contributed by atoms with Crippen LogP contribution in [-0.2, 0) is 9.59 Å². The summed E-state index contributed by atoms with van der Waals surface area (Å²) in [6.45, 7) is 8.47. The van der Waals surface area contributed by atoms with Crippen molar-refractivity contribution in [2.24, 2.45) is 11.3 Å². The fourth-order valence-corrected chi connectivity index (χ4v) is 2.05. The maximum atomic E-state index is 12.2. The molecule has 5 nitrogen and oxygen atoms in total. The van der Waals surface area contributed by atoms with Gasteiger partial charge in [0.05, 0.1) is 5.41 Å². The highest BCUT2D eigenvalue weighted by Gasteiger charge is 2.39. The number of aliphatic carboxylic acids is 1. The summed E-state index contributed by atoms with van der Waals surface area (Å²) < 4.78 is 0. The van der Waals surface area contributed by atoms with Crippen molar-refractivity contribution < 1.29 is 14.7 Å². The minimum atomic E-state index is -0.975. The van der Waals surface area contributed by atoms with E-state index in [2.05, 4.69) is 5.32 Å². The van der Waals surface area contributed by atoms with Gasteiger partial charge < -0.3 is 15.3 Å². The third-order valence-corrected chi connectivity index (χ3v) is 3.97. The summed E-state index contributed by atoms with van der Waals surface area (Å²) in [4.78, 5) is 25.4. The van der Waals surface area contributed by atoms with Crippen molar-refractivity contribution in [2.75, 3.05) is 26.2 Å². The number of carbonyl (C=O) groups excluding carboxylic acids is 1. The molecule has 1 amide bonds. The van der Waals surface area contributed by atoms with Gasteiger partial charge in [-0.2, -0.15) is 0 Å². The van der Waals surface area contributed by atoms with E-state index in [-0.39, 0.29) is 18.2 Å². The van der Waals surface area contributed by atoms with E-state index in [4.69, 9.17) is 0 Å². The number of hydrogen-bond acceptors (Lipinski definition) is 3. The quantitative estimate of drug-likeness (QED) is 0.785. The lowest BCUT2D eigenvalue weighted by molar-refractivity contribution is -0.155. The Kier molecular flexibility index (Phi) is 5.14. The zero-order valence-corrected chi connectivity index (χ0v) is 11.5. The molecule has 1 saturated heterocycles. The zero-order chi connectivity index (χ0) is 13.8. The summed E-state index contributed by atoms with van der Waals surface area (Å²) in [7, 11) is 0. The van der Waals surface area contributed by atoms with Crippen molar-refractivity contribution in [3.8, 4) is 0 Å². The predicted molar refractivity (Wildman–Crippen MR) is 69.3 cm³/mol. The van der Waals surface area contributed by atoms with Crippen LogP contribution in [0.15, 0.2) is 0 Å². The molecule has 1 fully saturated rings. The Morgan fingerprint density at radius 2 is 2.00 bits per heavy atom. The predicted octanol–water partition coefficient (Wildman–Crippen LogP) is 0.945. The van der Waals surface area contributed by atoms with Gasteiger partial charge in [0.25, 0.3) is 0 Å². The molecule has 0 aliphatic carbocycles. The number of hydrogen-bond donors (Lipinski definition) is 2. The highest BCUT2D eigenvalue weighted by Crippen LogP contribution is 2.32. The molecule has 1 rings (SSSR count). The summed E-state index contributed by atoms with van der Waals surface area (Å²) >= 11 is 0. The molecule has 1 unspecified atom stereocenters. The molecule has 18 heavy (non-hydrogen) atoms. The number of carboxylic acids is 1. The van der Waals surface area contributed by atoms with Crippen molar-refractivity contribution in [1.82, 2.24) is 10.2 Å². The molecule has 5 heteroatoms. The van der Waals surface area contributed by atoms with Gasteiger partial charge in [-0.3, -0.25) is 9.59 Å². The van der Waals surface area contributed by atoms with Crippen LogP contribution >= 0.6 is 0 Å². The first kappa shape index (κ1) is 15.0. The Balaban J connectivity index is 2.69. The number of amides is 1. The SMILES string of the molecule is CC(C)C(C)(CC(=O)N1CCCNCC1)C(=O)O. The van der Waals surface area contributed by atoms with E-state index in [0.29, 0.717) is 6.54 Å². The minimum Gasteiger partial charge on any atom is -0.481 e. The Morgan fingerprint density at radius 1 is 1.33 bits per heavy atom. The standard InChI is InChI=1S/C13H24N2O3/c1-10(2)13(3,12(17)18)9-11(16)15-7-4-5-14-6-8-15/h10,14H,4-9H2,1-3H3,(H,17,18). The van der Waals surface area contributed by atoms with E-state index in [0.717, 1.165) is 26.1 Å². The number of rotatable bonds is 4. The number of nitrogens with one attached hydrogen (secondary N) is 1. The highest BCUT2D eigenvalue weighted by atomic mass is 16.4. The van der Waals surface area contributed by atoms with E-state index < -0.39 is 11.4 Å². The average molecular weight is 256 g/mol. The van der Waals surface area contributed by atoms with Crippen molar-refractivity contribution in [1.29, 1.82) is 0 Å². The Labute approximate surface area is 109 Å². The van der Waals surface area contributed by atoms with E-state index in [9.17, 15) is 14.7 Å². The second-order valence-corrected chi connectivity index (χ2v) is 5.54. The largest absolute Gasteiger partial charge is 0.481 e. The molecule has 0 bridgehead atoms. The fraction of sp³-hybridized carbons (Fsp3) is 0.846. The monoisotopic (exact) mass is 256 g/mol. The van der Waals surface area contributed by atoms with Crippen LogP contribution in [0.4, 0.5) is 0 Å². The van der Waals surface area contributed by atoms with Crippen molar-refractivity contribution in [3.63, 3.8) is 0 Å². The molecule has 0 saturated carbocycles. The van der Waals surface area contributed by atoms with Crippen molar-refractivity contribution in [2.45, 2.75) is 33.6 Å². The minimum absolute atomic E-state index is 0.0442. The van der Waals surface area contributed by atoms with Crippen LogP contribution in [0, 0.1) is 11.3 Å². The van der Waals surface area contributed by atoms with Gasteiger partial charge in [0.15, 0.2) is 0 Å². The van der Waals surface area contributed by atoms with Crippen LogP contribution in [0.1, 0.15) is 33.6 Å². The molecule has 0 spiro atoms. The molecule has 0 radical (unpaired) electrons. The molecule has 0 aromatic heterocycles. The van der Waals surface area contributed by atoms with E-state index in [1.165, 1.54) is 0 Å². The number of carboxylic acid groups (broad SMARTS) is 1. The molecule has 104 valence electrons. The van der Waals surface area contributed by atoms with Crippen LogP contribution in [0.3, 0.4) is 0 Å². The summed E-state index contributed by atoms with van der Waals surface area (Å²) in [5, 5.41) is 12.6. The maximum Gasteiger partial charge on any atom is 0.310 e. The van der Waals surface area contributed by atoms with Gasteiger partial charge in [0, 0.05) is 26.1 Å². The first-order chi connectivity index (χ1) is 8.38. The molecule has 1 atom stereocenters. The molecule has 0 aromatic carbocycles. The second-order valence-electron chi connectivity index (χ2n) is 5.54. The average Bonchev–Trinajstić information content (AvgIpc) is 2.56. The normalized spacial score (nSPS) is 20.3. The van der Waals surface area contributed by atoms with Gasteiger partial charge in [0.1, 0.15) is 0 Å². The van der Waals surface area contributed by atoms with Gasteiger partial charge in [-0.05, 0) is 25.8 Å². The highest BCUT2D eigenvalue weighted by molar-refractivity contribution is 5.85. The van der Waals surface area contributed by atoms with Crippen molar-refractivity contribution in [3.05, 3.63) is 0 Å². The lowest BCUT2D eigenvalue weighted by Gasteiger charge is -2.31. The Hall–Kier alpha value is -1.10.